The molecule has 0 radical (unpaired) electrons. The Balaban J connectivity index is 1.26. The molecule has 3 amide bonds. The number of rotatable bonds is 4. The molecular formula is C25H22FN3O4. The largest absolute Gasteiger partial charge is 0.459 e. The third-order valence-electron chi connectivity index (χ3n) is 6.15. The fourth-order valence-corrected chi connectivity index (χ4v) is 4.37. The molecular weight excluding hydrogens is 425 g/mol. The Bertz CT molecular complexity index is 1230. The monoisotopic (exact) mass is 447 g/mol. The summed E-state index contributed by atoms with van der Waals surface area (Å²) in [7, 11) is 0. The molecule has 0 atom stereocenters. The van der Waals surface area contributed by atoms with Crippen LogP contribution in [0.1, 0.15) is 32.0 Å². The van der Waals surface area contributed by atoms with Crippen molar-refractivity contribution in [3.8, 4) is 0 Å². The van der Waals surface area contributed by atoms with Crippen molar-refractivity contribution in [2.45, 2.75) is 13.0 Å². The SMILES string of the molecule is O=C(c1ccccc1F)N1CCN(C(=O)c2occc2CN2C(=O)Cc3ccccc32)CC1. The van der Waals surface area contributed by atoms with E-state index in [1.807, 2.05) is 24.3 Å². The molecule has 33 heavy (non-hydrogen) atoms. The summed E-state index contributed by atoms with van der Waals surface area (Å²) in [5, 5.41) is 0. The number of fused-ring (bicyclic) bond motifs is 1. The van der Waals surface area contributed by atoms with Crippen LogP contribution in [0.5, 0.6) is 0 Å². The van der Waals surface area contributed by atoms with Crippen LogP contribution in [0.2, 0.25) is 0 Å². The first-order valence-corrected chi connectivity index (χ1v) is 10.8. The average Bonchev–Trinajstić information content (AvgIpc) is 3.43. The van der Waals surface area contributed by atoms with Crippen LogP contribution in [-0.4, -0.2) is 53.7 Å². The Morgan fingerprint density at radius 3 is 2.30 bits per heavy atom. The molecule has 2 aromatic carbocycles. The molecule has 0 aliphatic carbocycles. The number of hydrogen-bond acceptors (Lipinski definition) is 4. The van der Waals surface area contributed by atoms with Crippen molar-refractivity contribution in [3.63, 3.8) is 0 Å². The summed E-state index contributed by atoms with van der Waals surface area (Å²) in [6.07, 6.45) is 1.79. The lowest BCUT2D eigenvalue weighted by Crippen LogP contribution is -2.50. The van der Waals surface area contributed by atoms with Gasteiger partial charge in [0.25, 0.3) is 11.8 Å². The van der Waals surface area contributed by atoms with Gasteiger partial charge in [0.15, 0.2) is 5.76 Å². The Hall–Kier alpha value is -3.94. The van der Waals surface area contributed by atoms with Crippen LogP contribution in [0.4, 0.5) is 10.1 Å². The molecule has 5 rings (SSSR count). The second-order valence-electron chi connectivity index (χ2n) is 8.12. The third kappa shape index (κ3) is 3.88. The van der Waals surface area contributed by atoms with E-state index in [-0.39, 0.29) is 35.6 Å². The number of anilines is 1. The van der Waals surface area contributed by atoms with Gasteiger partial charge in [-0.1, -0.05) is 30.3 Å². The van der Waals surface area contributed by atoms with Gasteiger partial charge in [0.2, 0.25) is 5.91 Å². The molecule has 168 valence electrons. The van der Waals surface area contributed by atoms with Gasteiger partial charge in [-0.3, -0.25) is 14.4 Å². The van der Waals surface area contributed by atoms with E-state index in [9.17, 15) is 18.8 Å². The lowest BCUT2D eigenvalue weighted by atomic mass is 10.1. The van der Waals surface area contributed by atoms with Crippen LogP contribution in [0.15, 0.2) is 65.3 Å². The molecule has 2 aliphatic rings. The van der Waals surface area contributed by atoms with Crippen molar-refractivity contribution in [2.24, 2.45) is 0 Å². The highest BCUT2D eigenvalue weighted by molar-refractivity contribution is 6.02. The van der Waals surface area contributed by atoms with Gasteiger partial charge < -0.3 is 19.1 Å². The van der Waals surface area contributed by atoms with E-state index in [2.05, 4.69) is 0 Å². The summed E-state index contributed by atoms with van der Waals surface area (Å²) in [5.41, 5.74) is 2.48. The van der Waals surface area contributed by atoms with Crippen molar-refractivity contribution in [1.82, 2.24) is 9.80 Å². The van der Waals surface area contributed by atoms with E-state index in [4.69, 9.17) is 4.42 Å². The maximum Gasteiger partial charge on any atom is 0.290 e. The molecule has 2 aliphatic heterocycles. The van der Waals surface area contributed by atoms with E-state index in [1.54, 1.807) is 26.8 Å². The van der Waals surface area contributed by atoms with Crippen LogP contribution in [0.3, 0.4) is 0 Å². The summed E-state index contributed by atoms with van der Waals surface area (Å²) in [5.74, 6) is -1.05. The van der Waals surface area contributed by atoms with Crippen LogP contribution < -0.4 is 4.90 Å². The lowest BCUT2D eigenvalue weighted by Gasteiger charge is -2.34. The Kier molecular flexibility index (Phi) is 5.42. The van der Waals surface area contributed by atoms with Crippen LogP contribution in [0, 0.1) is 5.82 Å². The number of benzene rings is 2. The van der Waals surface area contributed by atoms with Gasteiger partial charge in [-0.2, -0.15) is 0 Å². The van der Waals surface area contributed by atoms with Gasteiger partial charge in [-0.25, -0.2) is 4.39 Å². The molecule has 0 N–H and O–H groups in total. The predicted molar refractivity (Wildman–Crippen MR) is 118 cm³/mol. The van der Waals surface area contributed by atoms with E-state index < -0.39 is 5.82 Å². The normalized spacial score (nSPS) is 15.7. The molecule has 8 heteroatoms. The van der Waals surface area contributed by atoms with Gasteiger partial charge >= 0.3 is 0 Å². The molecule has 0 saturated carbocycles. The highest BCUT2D eigenvalue weighted by atomic mass is 19.1. The number of carbonyl (C=O) groups is 3. The van der Waals surface area contributed by atoms with E-state index in [0.717, 1.165) is 11.3 Å². The first-order chi connectivity index (χ1) is 16.0. The van der Waals surface area contributed by atoms with Crippen molar-refractivity contribution in [2.75, 3.05) is 31.1 Å². The summed E-state index contributed by atoms with van der Waals surface area (Å²) in [6, 6.07) is 15.2. The van der Waals surface area contributed by atoms with E-state index in [1.165, 1.54) is 24.5 Å². The van der Waals surface area contributed by atoms with Crippen molar-refractivity contribution in [3.05, 3.63) is 89.1 Å². The number of piperazine rings is 1. The molecule has 1 saturated heterocycles. The van der Waals surface area contributed by atoms with Crippen molar-refractivity contribution >= 4 is 23.4 Å². The minimum absolute atomic E-state index is 0.0175. The molecule has 3 aromatic rings. The fourth-order valence-electron chi connectivity index (χ4n) is 4.37. The highest BCUT2D eigenvalue weighted by Gasteiger charge is 2.32. The average molecular weight is 447 g/mol. The molecule has 1 fully saturated rings. The second-order valence-corrected chi connectivity index (χ2v) is 8.12. The summed E-state index contributed by atoms with van der Waals surface area (Å²) in [4.78, 5) is 43.1. The second kappa shape index (κ2) is 8.54. The minimum Gasteiger partial charge on any atom is -0.459 e. The number of amides is 3. The number of hydrogen-bond donors (Lipinski definition) is 0. The Labute approximate surface area is 190 Å². The Morgan fingerprint density at radius 1 is 0.879 bits per heavy atom. The van der Waals surface area contributed by atoms with Crippen molar-refractivity contribution < 1.29 is 23.2 Å². The highest BCUT2D eigenvalue weighted by Crippen LogP contribution is 2.31. The first-order valence-electron chi connectivity index (χ1n) is 10.8. The van der Waals surface area contributed by atoms with Crippen molar-refractivity contribution in [1.29, 1.82) is 0 Å². The molecule has 1 aromatic heterocycles. The van der Waals surface area contributed by atoms with Gasteiger partial charge in [0.1, 0.15) is 5.82 Å². The molecule has 7 nitrogen and oxygen atoms in total. The van der Waals surface area contributed by atoms with Crippen LogP contribution in [-0.2, 0) is 17.8 Å². The Morgan fingerprint density at radius 2 is 1.55 bits per heavy atom. The molecule has 0 bridgehead atoms. The standard InChI is InChI=1S/C25H22FN3O4/c26-20-7-3-2-6-19(20)24(31)27-10-12-28(13-11-27)25(32)23-18(9-14-33-23)16-29-21-8-4-1-5-17(21)15-22(29)30/h1-9,14H,10-13,15-16H2. The summed E-state index contributed by atoms with van der Waals surface area (Å²) < 4.78 is 19.5. The van der Waals surface area contributed by atoms with E-state index in [0.29, 0.717) is 38.2 Å². The molecule has 3 heterocycles. The quantitative estimate of drug-likeness (QED) is 0.616. The fraction of sp³-hybridized carbons (Fsp3) is 0.240. The first kappa shape index (κ1) is 20.9. The lowest BCUT2D eigenvalue weighted by molar-refractivity contribution is -0.117. The number of furan rings is 1. The zero-order chi connectivity index (χ0) is 22.9. The maximum absolute atomic E-state index is 14.0. The smallest absolute Gasteiger partial charge is 0.290 e. The van der Waals surface area contributed by atoms with Gasteiger partial charge in [0, 0.05) is 37.4 Å². The van der Waals surface area contributed by atoms with Gasteiger partial charge in [-0.05, 0) is 29.8 Å². The zero-order valence-corrected chi connectivity index (χ0v) is 17.9. The molecule has 0 spiro atoms. The van der Waals surface area contributed by atoms with Crippen LogP contribution >= 0.6 is 0 Å². The topological polar surface area (TPSA) is 74.1 Å². The van der Waals surface area contributed by atoms with Crippen LogP contribution in [0.25, 0.3) is 0 Å². The molecule has 0 unspecified atom stereocenters. The summed E-state index contributed by atoms with van der Waals surface area (Å²) in [6.45, 7) is 1.47. The number of halogens is 1. The third-order valence-corrected chi connectivity index (χ3v) is 6.15. The number of para-hydroxylation sites is 1. The van der Waals surface area contributed by atoms with Gasteiger partial charge in [0.05, 0.1) is 24.8 Å². The number of nitrogens with zero attached hydrogens (tertiary/aromatic N) is 3. The summed E-state index contributed by atoms with van der Waals surface area (Å²) >= 11 is 0. The van der Waals surface area contributed by atoms with E-state index >= 15 is 0 Å². The maximum atomic E-state index is 14.0. The number of carbonyl (C=O) groups excluding carboxylic acids is 3. The van der Waals surface area contributed by atoms with Gasteiger partial charge in [-0.15, -0.1) is 0 Å². The minimum atomic E-state index is -0.556. The predicted octanol–water partition coefficient (Wildman–Crippen LogP) is 3.11. The zero-order valence-electron chi connectivity index (χ0n) is 17.9.